The number of halogens is 1. The molecule has 2 heterocycles. The molecule has 2 aliphatic rings. The summed E-state index contributed by atoms with van der Waals surface area (Å²) in [5.74, 6) is 0.987. The van der Waals surface area contributed by atoms with E-state index in [-0.39, 0.29) is 35.9 Å². The van der Waals surface area contributed by atoms with Crippen LogP contribution in [-0.2, 0) is 9.53 Å². The summed E-state index contributed by atoms with van der Waals surface area (Å²) in [6.45, 7) is 9.47. The molecule has 0 aromatic heterocycles. The molecular weight excluding hydrogens is 455 g/mol. The van der Waals surface area contributed by atoms with Gasteiger partial charge < -0.3 is 19.9 Å². The number of hydrogen-bond acceptors (Lipinski definition) is 4. The number of esters is 1. The van der Waals surface area contributed by atoms with E-state index in [1.54, 1.807) is 0 Å². The van der Waals surface area contributed by atoms with Crippen LogP contribution in [0, 0.1) is 5.92 Å². The number of aliphatic imine (C=N–C) groups is 1. The maximum atomic E-state index is 11.7. The van der Waals surface area contributed by atoms with Gasteiger partial charge in [-0.3, -0.25) is 9.79 Å². The molecule has 158 valence electrons. The molecule has 0 unspecified atom stereocenters. The third kappa shape index (κ3) is 8.98. The largest absolute Gasteiger partial charge is 0.469 e. The van der Waals surface area contributed by atoms with Gasteiger partial charge in [0, 0.05) is 26.2 Å². The van der Waals surface area contributed by atoms with E-state index in [9.17, 15) is 4.79 Å². The second-order valence-electron chi connectivity index (χ2n) is 7.48. The molecule has 1 N–H and O–H groups in total. The summed E-state index contributed by atoms with van der Waals surface area (Å²) in [7, 11) is 1.48. The second kappa shape index (κ2) is 14.4. The van der Waals surface area contributed by atoms with Gasteiger partial charge in [-0.05, 0) is 65.1 Å². The number of nitrogens with one attached hydrogen (secondary N) is 1. The minimum Gasteiger partial charge on any atom is -0.469 e. The highest BCUT2D eigenvalue weighted by molar-refractivity contribution is 14.0. The highest BCUT2D eigenvalue weighted by atomic mass is 127. The van der Waals surface area contributed by atoms with E-state index >= 15 is 0 Å². The third-order valence-electron chi connectivity index (χ3n) is 5.51. The SMILES string of the molecule is CCNC(=NCCCCCN1CCCCC1)N1CCC(C(=O)OC)CC1.I. The number of ether oxygens (including phenoxy) is 1. The molecule has 0 amide bonds. The summed E-state index contributed by atoms with van der Waals surface area (Å²) >= 11 is 0. The Balaban J connectivity index is 0.00000364. The fraction of sp³-hybridized carbons (Fsp3) is 0.900. The normalized spacial score (nSPS) is 19.5. The predicted molar refractivity (Wildman–Crippen MR) is 122 cm³/mol. The molecule has 2 rings (SSSR count). The van der Waals surface area contributed by atoms with Crippen LogP contribution in [0.3, 0.4) is 0 Å². The van der Waals surface area contributed by atoms with Crippen molar-refractivity contribution in [1.82, 2.24) is 15.1 Å². The lowest BCUT2D eigenvalue weighted by atomic mass is 9.97. The molecular formula is C20H39IN4O2. The zero-order chi connectivity index (χ0) is 18.6. The molecule has 2 fully saturated rings. The molecule has 27 heavy (non-hydrogen) atoms. The van der Waals surface area contributed by atoms with Crippen LogP contribution in [0.15, 0.2) is 4.99 Å². The number of carbonyl (C=O) groups is 1. The molecule has 0 aromatic rings. The van der Waals surface area contributed by atoms with Crippen molar-refractivity contribution in [3.8, 4) is 0 Å². The molecule has 7 heteroatoms. The Kier molecular flexibility index (Phi) is 13.1. The Labute approximate surface area is 182 Å². The summed E-state index contributed by atoms with van der Waals surface area (Å²) < 4.78 is 4.87. The summed E-state index contributed by atoms with van der Waals surface area (Å²) in [4.78, 5) is 21.4. The zero-order valence-electron chi connectivity index (χ0n) is 17.3. The summed E-state index contributed by atoms with van der Waals surface area (Å²) in [6, 6.07) is 0. The van der Waals surface area contributed by atoms with Gasteiger partial charge in [0.25, 0.3) is 0 Å². The third-order valence-corrected chi connectivity index (χ3v) is 5.51. The van der Waals surface area contributed by atoms with Crippen LogP contribution in [0.5, 0.6) is 0 Å². The summed E-state index contributed by atoms with van der Waals surface area (Å²) in [5, 5.41) is 3.40. The second-order valence-corrected chi connectivity index (χ2v) is 7.48. The maximum Gasteiger partial charge on any atom is 0.308 e. The van der Waals surface area contributed by atoms with Crippen molar-refractivity contribution in [3.05, 3.63) is 0 Å². The Morgan fingerprint density at radius 3 is 2.41 bits per heavy atom. The topological polar surface area (TPSA) is 57.2 Å². The van der Waals surface area contributed by atoms with E-state index in [0.29, 0.717) is 0 Å². The molecule has 0 radical (unpaired) electrons. The van der Waals surface area contributed by atoms with E-state index in [4.69, 9.17) is 9.73 Å². The quantitative estimate of drug-likeness (QED) is 0.185. The van der Waals surface area contributed by atoms with E-state index in [0.717, 1.165) is 51.4 Å². The fourth-order valence-electron chi connectivity index (χ4n) is 3.91. The average Bonchev–Trinajstić information content (AvgIpc) is 2.70. The number of methoxy groups -OCH3 is 1. The standard InChI is InChI=1S/C20H38N4O2.HI/c1-3-21-20(24-16-10-18(11-17-24)19(25)26-2)22-12-6-4-7-13-23-14-8-5-9-15-23;/h18H,3-17H2,1-2H3,(H,21,22);1H. The molecule has 2 saturated heterocycles. The van der Waals surface area contributed by atoms with Crippen molar-refractivity contribution >= 4 is 35.9 Å². The number of guanidine groups is 1. The number of piperidine rings is 2. The van der Waals surface area contributed by atoms with Crippen molar-refractivity contribution in [2.45, 2.75) is 58.3 Å². The number of hydrogen-bond donors (Lipinski definition) is 1. The van der Waals surface area contributed by atoms with Crippen LogP contribution >= 0.6 is 24.0 Å². The first-order valence-electron chi connectivity index (χ1n) is 10.6. The minimum atomic E-state index is -0.0692. The first kappa shape index (κ1) is 24.5. The molecule has 2 aliphatic heterocycles. The van der Waals surface area contributed by atoms with Crippen molar-refractivity contribution in [2.75, 3.05) is 52.9 Å². The number of unbranched alkanes of at least 4 members (excludes halogenated alkanes) is 2. The highest BCUT2D eigenvalue weighted by Crippen LogP contribution is 2.18. The lowest BCUT2D eigenvalue weighted by molar-refractivity contribution is -0.146. The van der Waals surface area contributed by atoms with Crippen molar-refractivity contribution in [2.24, 2.45) is 10.9 Å². The van der Waals surface area contributed by atoms with Crippen LogP contribution < -0.4 is 5.32 Å². The molecule has 0 saturated carbocycles. The smallest absolute Gasteiger partial charge is 0.308 e. The number of nitrogens with zero attached hydrogens (tertiary/aromatic N) is 3. The van der Waals surface area contributed by atoms with E-state index in [1.165, 1.54) is 58.8 Å². The highest BCUT2D eigenvalue weighted by Gasteiger charge is 2.26. The van der Waals surface area contributed by atoms with Gasteiger partial charge in [0.2, 0.25) is 0 Å². The van der Waals surface area contributed by atoms with Gasteiger partial charge in [0.1, 0.15) is 0 Å². The Bertz CT molecular complexity index is 434. The maximum absolute atomic E-state index is 11.7. The van der Waals surface area contributed by atoms with Crippen molar-refractivity contribution in [1.29, 1.82) is 0 Å². The van der Waals surface area contributed by atoms with Crippen LogP contribution in [0.1, 0.15) is 58.3 Å². The molecule has 0 spiro atoms. The van der Waals surface area contributed by atoms with Gasteiger partial charge in [0.05, 0.1) is 13.0 Å². The summed E-state index contributed by atoms with van der Waals surface area (Å²) in [6.07, 6.45) is 9.57. The number of likely N-dealkylation sites (tertiary alicyclic amines) is 2. The van der Waals surface area contributed by atoms with Crippen LogP contribution in [0.4, 0.5) is 0 Å². The van der Waals surface area contributed by atoms with E-state index < -0.39 is 0 Å². The molecule has 6 nitrogen and oxygen atoms in total. The van der Waals surface area contributed by atoms with Gasteiger partial charge in [0.15, 0.2) is 5.96 Å². The first-order chi connectivity index (χ1) is 12.7. The lowest BCUT2D eigenvalue weighted by Gasteiger charge is -2.33. The van der Waals surface area contributed by atoms with Gasteiger partial charge in [-0.2, -0.15) is 0 Å². The zero-order valence-corrected chi connectivity index (χ0v) is 19.6. The summed E-state index contributed by atoms with van der Waals surface area (Å²) in [5.41, 5.74) is 0. The number of carbonyl (C=O) groups excluding carboxylic acids is 1. The molecule has 0 bridgehead atoms. The van der Waals surface area contributed by atoms with Gasteiger partial charge >= 0.3 is 5.97 Å². The predicted octanol–water partition coefficient (Wildman–Crippen LogP) is 3.11. The fourth-order valence-corrected chi connectivity index (χ4v) is 3.91. The minimum absolute atomic E-state index is 0. The molecule has 0 atom stereocenters. The van der Waals surface area contributed by atoms with Gasteiger partial charge in [-0.1, -0.05) is 12.8 Å². The van der Waals surface area contributed by atoms with E-state index in [1.807, 2.05) is 0 Å². The van der Waals surface area contributed by atoms with Gasteiger partial charge in [-0.25, -0.2) is 0 Å². The van der Waals surface area contributed by atoms with Crippen molar-refractivity contribution in [3.63, 3.8) is 0 Å². The van der Waals surface area contributed by atoms with Crippen LogP contribution in [0.25, 0.3) is 0 Å². The van der Waals surface area contributed by atoms with Crippen LogP contribution in [0.2, 0.25) is 0 Å². The van der Waals surface area contributed by atoms with Crippen molar-refractivity contribution < 1.29 is 9.53 Å². The monoisotopic (exact) mass is 494 g/mol. The Morgan fingerprint density at radius 1 is 1.07 bits per heavy atom. The Morgan fingerprint density at radius 2 is 1.78 bits per heavy atom. The lowest BCUT2D eigenvalue weighted by Crippen LogP contribution is -2.46. The first-order valence-corrected chi connectivity index (χ1v) is 10.6. The Hall–Kier alpha value is -0.570. The van der Waals surface area contributed by atoms with Gasteiger partial charge in [-0.15, -0.1) is 24.0 Å². The molecule has 0 aromatic carbocycles. The van der Waals surface area contributed by atoms with E-state index in [2.05, 4.69) is 22.0 Å². The van der Waals surface area contributed by atoms with Crippen LogP contribution in [-0.4, -0.2) is 74.7 Å². The average molecular weight is 494 g/mol. The molecule has 0 aliphatic carbocycles. The number of rotatable bonds is 8.